The second-order valence-electron chi connectivity index (χ2n) is 5.53. The molecule has 1 aromatic carbocycles. The number of para-hydroxylation sites is 1. The third-order valence-electron chi connectivity index (χ3n) is 3.66. The van der Waals surface area contributed by atoms with E-state index in [0.29, 0.717) is 17.4 Å². The molecule has 26 heavy (non-hydrogen) atoms. The highest BCUT2D eigenvalue weighted by Gasteiger charge is 2.16. The van der Waals surface area contributed by atoms with Crippen molar-refractivity contribution in [3.05, 3.63) is 66.4 Å². The summed E-state index contributed by atoms with van der Waals surface area (Å²) in [6, 6.07) is 10.9. The number of aromatic nitrogens is 6. The SMILES string of the molecule is Nc1nc(C(=O)Nc2ncn(Cc3cccnc3)n2)c2ccccc2n1. The third-order valence-corrected chi connectivity index (χ3v) is 3.66. The molecule has 4 aromatic rings. The van der Waals surface area contributed by atoms with Gasteiger partial charge in [-0.25, -0.2) is 19.6 Å². The second kappa shape index (κ2) is 6.55. The van der Waals surface area contributed by atoms with E-state index >= 15 is 0 Å². The molecule has 0 fully saturated rings. The molecule has 0 bridgehead atoms. The maximum absolute atomic E-state index is 12.6. The lowest BCUT2D eigenvalue weighted by atomic mass is 10.2. The molecule has 0 unspecified atom stereocenters. The first-order valence-electron chi connectivity index (χ1n) is 7.81. The van der Waals surface area contributed by atoms with Crippen LogP contribution in [0.15, 0.2) is 55.1 Å². The van der Waals surface area contributed by atoms with E-state index in [4.69, 9.17) is 5.73 Å². The zero-order valence-electron chi connectivity index (χ0n) is 13.6. The van der Waals surface area contributed by atoms with Crippen molar-refractivity contribution in [2.75, 3.05) is 11.1 Å². The minimum Gasteiger partial charge on any atom is -0.368 e. The summed E-state index contributed by atoms with van der Waals surface area (Å²) in [5.41, 5.74) is 7.45. The Morgan fingerprint density at radius 2 is 2.04 bits per heavy atom. The molecular weight excluding hydrogens is 332 g/mol. The Balaban J connectivity index is 1.56. The van der Waals surface area contributed by atoms with E-state index in [1.165, 1.54) is 6.33 Å². The number of anilines is 2. The van der Waals surface area contributed by atoms with Crippen LogP contribution in [-0.4, -0.2) is 35.6 Å². The number of amides is 1. The van der Waals surface area contributed by atoms with Crippen molar-refractivity contribution in [1.82, 2.24) is 29.7 Å². The van der Waals surface area contributed by atoms with Crippen LogP contribution in [0.1, 0.15) is 16.1 Å². The predicted octanol–water partition coefficient (Wildman–Crippen LogP) is 1.50. The van der Waals surface area contributed by atoms with Gasteiger partial charge in [0.15, 0.2) is 0 Å². The van der Waals surface area contributed by atoms with Gasteiger partial charge in [-0.1, -0.05) is 24.3 Å². The maximum atomic E-state index is 12.6. The van der Waals surface area contributed by atoms with Gasteiger partial charge < -0.3 is 5.73 Å². The van der Waals surface area contributed by atoms with Crippen LogP contribution in [0.5, 0.6) is 0 Å². The molecule has 0 aliphatic carbocycles. The van der Waals surface area contributed by atoms with Crippen LogP contribution in [0.4, 0.5) is 11.9 Å². The zero-order chi connectivity index (χ0) is 17.9. The molecule has 0 aliphatic heterocycles. The van der Waals surface area contributed by atoms with Crippen LogP contribution in [0.3, 0.4) is 0 Å². The molecule has 0 radical (unpaired) electrons. The first-order valence-corrected chi connectivity index (χ1v) is 7.81. The van der Waals surface area contributed by atoms with Crippen molar-refractivity contribution < 1.29 is 4.79 Å². The summed E-state index contributed by atoms with van der Waals surface area (Å²) in [6.07, 6.45) is 4.99. The maximum Gasteiger partial charge on any atom is 0.277 e. The van der Waals surface area contributed by atoms with Crippen molar-refractivity contribution in [2.24, 2.45) is 0 Å². The van der Waals surface area contributed by atoms with Crippen molar-refractivity contribution in [1.29, 1.82) is 0 Å². The van der Waals surface area contributed by atoms with E-state index < -0.39 is 5.91 Å². The lowest BCUT2D eigenvalue weighted by Gasteiger charge is -2.05. The standard InChI is InChI=1S/C17H14N8O/c18-16-21-13-6-2-1-5-12(13)14(22-16)15(26)23-17-20-10-25(24-17)9-11-4-3-7-19-8-11/h1-8,10H,9H2,(H2,18,21,22)(H,23,24,26). The number of hydrogen-bond acceptors (Lipinski definition) is 7. The molecule has 0 aliphatic rings. The van der Waals surface area contributed by atoms with Crippen LogP contribution in [0, 0.1) is 0 Å². The lowest BCUT2D eigenvalue weighted by molar-refractivity contribution is 0.102. The highest BCUT2D eigenvalue weighted by molar-refractivity contribution is 6.10. The largest absolute Gasteiger partial charge is 0.368 e. The summed E-state index contributed by atoms with van der Waals surface area (Å²) in [5, 5.41) is 7.49. The van der Waals surface area contributed by atoms with E-state index in [0.717, 1.165) is 5.56 Å². The quantitative estimate of drug-likeness (QED) is 0.573. The molecular formula is C17H14N8O. The Bertz CT molecular complexity index is 1080. The van der Waals surface area contributed by atoms with Crippen LogP contribution >= 0.6 is 0 Å². The fourth-order valence-corrected chi connectivity index (χ4v) is 2.54. The van der Waals surface area contributed by atoms with Gasteiger partial charge in [0.1, 0.15) is 12.0 Å². The Hall–Kier alpha value is -3.88. The lowest BCUT2D eigenvalue weighted by Crippen LogP contribution is -2.17. The van der Waals surface area contributed by atoms with Crippen LogP contribution in [-0.2, 0) is 6.54 Å². The average molecular weight is 346 g/mol. The monoisotopic (exact) mass is 346 g/mol. The molecule has 1 amide bonds. The average Bonchev–Trinajstić information content (AvgIpc) is 3.08. The number of nitrogens with two attached hydrogens (primary N) is 1. The molecule has 128 valence electrons. The van der Waals surface area contributed by atoms with Crippen molar-refractivity contribution >= 4 is 28.7 Å². The van der Waals surface area contributed by atoms with E-state index in [2.05, 4.69) is 30.4 Å². The van der Waals surface area contributed by atoms with Crippen LogP contribution in [0.25, 0.3) is 10.9 Å². The van der Waals surface area contributed by atoms with E-state index in [1.54, 1.807) is 35.3 Å². The fourth-order valence-electron chi connectivity index (χ4n) is 2.54. The minimum absolute atomic E-state index is 0.0314. The van der Waals surface area contributed by atoms with Gasteiger partial charge in [-0.15, -0.1) is 5.10 Å². The molecule has 4 rings (SSSR count). The number of carbonyl (C=O) groups excluding carboxylic acids is 1. The number of nitrogens with zero attached hydrogens (tertiary/aromatic N) is 6. The van der Waals surface area contributed by atoms with Gasteiger partial charge in [-0.2, -0.15) is 0 Å². The first-order chi connectivity index (χ1) is 12.7. The van der Waals surface area contributed by atoms with Gasteiger partial charge >= 0.3 is 0 Å². The molecule has 3 N–H and O–H groups in total. The van der Waals surface area contributed by atoms with E-state index in [1.807, 2.05) is 18.2 Å². The van der Waals surface area contributed by atoms with E-state index in [-0.39, 0.29) is 17.6 Å². The number of rotatable bonds is 4. The van der Waals surface area contributed by atoms with Gasteiger partial charge in [-0.3, -0.25) is 15.1 Å². The number of benzene rings is 1. The number of carbonyl (C=O) groups is 1. The molecule has 3 aromatic heterocycles. The molecule has 0 saturated heterocycles. The summed E-state index contributed by atoms with van der Waals surface area (Å²) in [6.45, 7) is 0.500. The highest BCUT2D eigenvalue weighted by atomic mass is 16.2. The number of pyridine rings is 1. The molecule has 0 atom stereocenters. The van der Waals surface area contributed by atoms with Crippen LogP contribution < -0.4 is 11.1 Å². The summed E-state index contributed by atoms with van der Waals surface area (Å²) in [5.74, 6) is -0.238. The predicted molar refractivity (Wildman–Crippen MR) is 95.3 cm³/mol. The second-order valence-corrected chi connectivity index (χ2v) is 5.53. The molecule has 0 spiro atoms. The first kappa shape index (κ1) is 15.6. The van der Waals surface area contributed by atoms with Crippen molar-refractivity contribution in [2.45, 2.75) is 6.54 Å². The van der Waals surface area contributed by atoms with Gasteiger partial charge in [0.2, 0.25) is 11.9 Å². The number of nitrogen functional groups attached to an aromatic ring is 1. The van der Waals surface area contributed by atoms with E-state index in [9.17, 15) is 4.79 Å². The Morgan fingerprint density at radius 1 is 1.15 bits per heavy atom. The summed E-state index contributed by atoms with van der Waals surface area (Å²) in [4.78, 5) is 28.9. The summed E-state index contributed by atoms with van der Waals surface area (Å²) in [7, 11) is 0. The zero-order valence-corrected chi connectivity index (χ0v) is 13.6. The van der Waals surface area contributed by atoms with Crippen LogP contribution in [0.2, 0.25) is 0 Å². The smallest absolute Gasteiger partial charge is 0.277 e. The van der Waals surface area contributed by atoms with Gasteiger partial charge in [0.25, 0.3) is 5.91 Å². The Morgan fingerprint density at radius 3 is 2.88 bits per heavy atom. The topological polar surface area (TPSA) is 124 Å². The normalized spacial score (nSPS) is 10.8. The fraction of sp³-hybridized carbons (Fsp3) is 0.0588. The molecule has 0 saturated carbocycles. The van der Waals surface area contributed by atoms with Gasteiger partial charge in [-0.05, 0) is 17.7 Å². The molecule has 9 nitrogen and oxygen atoms in total. The summed E-state index contributed by atoms with van der Waals surface area (Å²) < 4.78 is 1.61. The Kier molecular flexibility index (Phi) is 3.94. The third kappa shape index (κ3) is 3.18. The van der Waals surface area contributed by atoms with Crippen molar-refractivity contribution in [3.63, 3.8) is 0 Å². The molecule has 3 heterocycles. The highest BCUT2D eigenvalue weighted by Crippen LogP contribution is 2.17. The minimum atomic E-state index is -0.450. The molecule has 9 heteroatoms. The number of hydrogen-bond donors (Lipinski definition) is 2. The number of fused-ring (bicyclic) bond motifs is 1. The number of nitrogens with one attached hydrogen (secondary N) is 1. The van der Waals surface area contributed by atoms with Gasteiger partial charge in [0.05, 0.1) is 12.1 Å². The van der Waals surface area contributed by atoms with Gasteiger partial charge in [0, 0.05) is 17.8 Å². The Labute approximate surface area is 147 Å². The van der Waals surface area contributed by atoms with Crippen molar-refractivity contribution in [3.8, 4) is 0 Å². The summed E-state index contributed by atoms with van der Waals surface area (Å²) >= 11 is 0.